The summed E-state index contributed by atoms with van der Waals surface area (Å²) in [5.74, 6) is 1.25. The molecule has 0 heterocycles. The van der Waals surface area contributed by atoms with Gasteiger partial charge in [-0.25, -0.2) is 4.39 Å². The van der Waals surface area contributed by atoms with E-state index in [1.807, 2.05) is 18.9 Å². The number of nitrogens with zero attached hydrogens (tertiary/aromatic N) is 2. The predicted molar refractivity (Wildman–Crippen MR) is 119 cm³/mol. The molecule has 1 amide bonds. The third-order valence-electron chi connectivity index (χ3n) is 4.67. The number of hydrogen-bond acceptors (Lipinski definition) is 2. The van der Waals surface area contributed by atoms with Crippen molar-refractivity contribution in [1.29, 1.82) is 0 Å². The van der Waals surface area contributed by atoms with Gasteiger partial charge in [0.05, 0.1) is 6.54 Å². The average molecular weight is 490 g/mol. The third-order valence-corrected chi connectivity index (χ3v) is 4.67. The molecule has 0 bridgehead atoms. The van der Waals surface area contributed by atoms with Crippen LogP contribution in [0.25, 0.3) is 0 Å². The summed E-state index contributed by atoms with van der Waals surface area (Å²) in [5, 5.41) is 6.22. The second kappa shape index (κ2) is 12.9. The molecule has 0 spiro atoms. The lowest BCUT2D eigenvalue weighted by Crippen LogP contribution is -2.39. The minimum absolute atomic E-state index is 0. The highest BCUT2D eigenvalue weighted by Gasteiger charge is 2.17. The van der Waals surface area contributed by atoms with Gasteiger partial charge >= 0.3 is 0 Å². The Morgan fingerprint density at radius 3 is 2.52 bits per heavy atom. The molecule has 152 valence electrons. The van der Waals surface area contributed by atoms with E-state index in [1.54, 1.807) is 12.1 Å². The summed E-state index contributed by atoms with van der Waals surface area (Å²) in [6.45, 7) is 4.50. The first kappa shape index (κ1) is 23.7. The Kier molecular flexibility index (Phi) is 11.3. The van der Waals surface area contributed by atoms with E-state index in [0.29, 0.717) is 32.0 Å². The molecule has 2 N–H and O–H groups in total. The number of carbonyl (C=O) groups is 1. The summed E-state index contributed by atoms with van der Waals surface area (Å²) < 4.78 is 13.0. The van der Waals surface area contributed by atoms with Crippen LogP contribution in [0, 0.1) is 11.7 Å². The van der Waals surface area contributed by atoms with Gasteiger partial charge in [0.25, 0.3) is 0 Å². The molecule has 1 aromatic rings. The number of aliphatic imine (C=N–C) groups is 1. The molecule has 0 aromatic heterocycles. The smallest absolute Gasteiger partial charge is 0.220 e. The third kappa shape index (κ3) is 8.90. The van der Waals surface area contributed by atoms with Crippen LogP contribution in [0.15, 0.2) is 29.3 Å². The molecule has 0 atom stereocenters. The second-order valence-corrected chi connectivity index (χ2v) is 6.92. The maximum Gasteiger partial charge on any atom is 0.220 e. The molecule has 0 saturated heterocycles. The SMILES string of the molecule is CCNC(=NCCNC(=O)CC1CCCC1)N(C)Cc1ccc(F)cc1.I. The number of guanidine groups is 1. The van der Waals surface area contributed by atoms with Crippen LogP contribution in [0.1, 0.15) is 44.6 Å². The van der Waals surface area contributed by atoms with Crippen molar-refractivity contribution in [3.8, 4) is 0 Å². The Morgan fingerprint density at radius 1 is 1.22 bits per heavy atom. The van der Waals surface area contributed by atoms with E-state index in [0.717, 1.165) is 18.1 Å². The quantitative estimate of drug-likeness (QED) is 0.254. The maximum absolute atomic E-state index is 13.0. The molecule has 27 heavy (non-hydrogen) atoms. The molecule has 0 radical (unpaired) electrons. The van der Waals surface area contributed by atoms with E-state index in [9.17, 15) is 9.18 Å². The van der Waals surface area contributed by atoms with Gasteiger partial charge in [-0.2, -0.15) is 0 Å². The van der Waals surface area contributed by atoms with Crippen LogP contribution in [0.4, 0.5) is 4.39 Å². The van der Waals surface area contributed by atoms with E-state index in [-0.39, 0.29) is 35.7 Å². The second-order valence-electron chi connectivity index (χ2n) is 6.92. The van der Waals surface area contributed by atoms with E-state index in [4.69, 9.17) is 0 Å². The van der Waals surface area contributed by atoms with Gasteiger partial charge in [0, 0.05) is 33.1 Å². The first-order chi connectivity index (χ1) is 12.6. The van der Waals surface area contributed by atoms with Crippen LogP contribution in [0.5, 0.6) is 0 Å². The average Bonchev–Trinajstić information content (AvgIpc) is 3.12. The van der Waals surface area contributed by atoms with Gasteiger partial charge in [0.1, 0.15) is 5.82 Å². The highest BCUT2D eigenvalue weighted by molar-refractivity contribution is 14.0. The largest absolute Gasteiger partial charge is 0.357 e. The summed E-state index contributed by atoms with van der Waals surface area (Å²) in [7, 11) is 1.95. The van der Waals surface area contributed by atoms with E-state index in [2.05, 4.69) is 15.6 Å². The molecule has 2 rings (SSSR count). The summed E-state index contributed by atoms with van der Waals surface area (Å²) in [6.07, 6.45) is 5.53. The maximum atomic E-state index is 13.0. The van der Waals surface area contributed by atoms with Crippen molar-refractivity contribution in [2.24, 2.45) is 10.9 Å². The summed E-state index contributed by atoms with van der Waals surface area (Å²) >= 11 is 0. The Labute approximate surface area is 179 Å². The molecule has 1 aromatic carbocycles. The summed E-state index contributed by atoms with van der Waals surface area (Å²) in [5.41, 5.74) is 1.02. The Morgan fingerprint density at radius 2 is 1.89 bits per heavy atom. The molecule has 1 saturated carbocycles. The zero-order chi connectivity index (χ0) is 18.8. The van der Waals surface area contributed by atoms with Gasteiger partial charge in [-0.15, -0.1) is 24.0 Å². The number of hydrogen-bond donors (Lipinski definition) is 2. The van der Waals surface area contributed by atoms with Crippen molar-refractivity contribution in [3.63, 3.8) is 0 Å². The van der Waals surface area contributed by atoms with Crippen LogP contribution in [-0.4, -0.2) is 43.4 Å². The fourth-order valence-electron chi connectivity index (χ4n) is 3.31. The van der Waals surface area contributed by atoms with Gasteiger partial charge in [-0.1, -0.05) is 25.0 Å². The van der Waals surface area contributed by atoms with Crippen molar-refractivity contribution in [2.75, 3.05) is 26.7 Å². The number of halogens is 2. The van der Waals surface area contributed by atoms with Crippen LogP contribution in [-0.2, 0) is 11.3 Å². The van der Waals surface area contributed by atoms with E-state index < -0.39 is 0 Å². The predicted octanol–water partition coefficient (Wildman–Crippen LogP) is 3.54. The fraction of sp³-hybridized carbons (Fsp3) is 0.600. The monoisotopic (exact) mass is 490 g/mol. The first-order valence-electron chi connectivity index (χ1n) is 9.59. The van der Waals surface area contributed by atoms with Crippen molar-refractivity contribution in [1.82, 2.24) is 15.5 Å². The minimum atomic E-state index is -0.231. The van der Waals surface area contributed by atoms with E-state index in [1.165, 1.54) is 37.8 Å². The van der Waals surface area contributed by atoms with Crippen molar-refractivity contribution in [2.45, 2.75) is 45.6 Å². The molecule has 0 unspecified atom stereocenters. The highest BCUT2D eigenvalue weighted by Crippen LogP contribution is 2.27. The van der Waals surface area contributed by atoms with Gasteiger partial charge in [-0.05, 0) is 43.4 Å². The fourth-order valence-corrected chi connectivity index (χ4v) is 3.31. The van der Waals surface area contributed by atoms with Gasteiger partial charge in [-0.3, -0.25) is 9.79 Å². The number of carbonyl (C=O) groups excluding carboxylic acids is 1. The summed E-state index contributed by atoms with van der Waals surface area (Å²) in [4.78, 5) is 18.5. The minimum Gasteiger partial charge on any atom is -0.357 e. The van der Waals surface area contributed by atoms with Crippen LogP contribution >= 0.6 is 24.0 Å². The van der Waals surface area contributed by atoms with Gasteiger partial charge in [0.2, 0.25) is 5.91 Å². The highest BCUT2D eigenvalue weighted by atomic mass is 127. The molecule has 5 nitrogen and oxygen atoms in total. The van der Waals surface area contributed by atoms with Crippen molar-refractivity contribution < 1.29 is 9.18 Å². The first-order valence-corrected chi connectivity index (χ1v) is 9.59. The van der Waals surface area contributed by atoms with Gasteiger partial charge in [0.15, 0.2) is 5.96 Å². The molecule has 0 aliphatic heterocycles. The standard InChI is InChI=1S/C20H31FN4O.HI/c1-3-22-20(25(2)15-17-8-10-18(21)11-9-17)24-13-12-23-19(26)14-16-6-4-5-7-16;/h8-11,16H,3-7,12-15H2,1-2H3,(H,22,24)(H,23,26);1H. The lowest BCUT2D eigenvalue weighted by atomic mass is 10.0. The van der Waals surface area contributed by atoms with Crippen LogP contribution in [0.3, 0.4) is 0 Å². The molecule has 1 aliphatic carbocycles. The number of rotatable bonds is 8. The van der Waals surface area contributed by atoms with Crippen LogP contribution in [0.2, 0.25) is 0 Å². The van der Waals surface area contributed by atoms with Crippen LogP contribution < -0.4 is 10.6 Å². The van der Waals surface area contributed by atoms with Crippen molar-refractivity contribution >= 4 is 35.8 Å². The molecular weight excluding hydrogens is 458 g/mol. The lowest BCUT2D eigenvalue weighted by Gasteiger charge is -2.22. The molecule has 7 heteroatoms. The van der Waals surface area contributed by atoms with Gasteiger partial charge < -0.3 is 15.5 Å². The topological polar surface area (TPSA) is 56.7 Å². The number of benzene rings is 1. The molecular formula is C20H32FIN4O. The molecule has 1 aliphatic rings. The Hall–Kier alpha value is -1.38. The van der Waals surface area contributed by atoms with E-state index >= 15 is 0 Å². The zero-order valence-electron chi connectivity index (χ0n) is 16.3. The lowest BCUT2D eigenvalue weighted by molar-refractivity contribution is -0.121. The summed E-state index contributed by atoms with van der Waals surface area (Å²) in [6, 6.07) is 6.48. The Bertz CT molecular complexity index is 588. The van der Waals surface area contributed by atoms with Crippen molar-refractivity contribution in [3.05, 3.63) is 35.6 Å². The number of nitrogens with one attached hydrogen (secondary N) is 2. The zero-order valence-corrected chi connectivity index (χ0v) is 18.7. The Balaban J connectivity index is 0.00000364. The molecule has 1 fully saturated rings. The normalized spacial score (nSPS) is 14.6. The number of amides is 1.